The second-order valence-electron chi connectivity index (χ2n) is 5.94. The highest BCUT2D eigenvalue weighted by Gasteiger charge is 2.50. The van der Waals surface area contributed by atoms with Crippen molar-refractivity contribution in [3.63, 3.8) is 0 Å². The molecule has 1 saturated carbocycles. The van der Waals surface area contributed by atoms with Gasteiger partial charge in [-0.3, -0.25) is 4.79 Å². The van der Waals surface area contributed by atoms with Crippen molar-refractivity contribution in [2.75, 3.05) is 13.6 Å². The van der Waals surface area contributed by atoms with E-state index < -0.39 is 11.4 Å². The van der Waals surface area contributed by atoms with E-state index in [4.69, 9.17) is 0 Å². The topological polar surface area (TPSA) is 40.5 Å². The second-order valence-corrected chi connectivity index (χ2v) is 5.94. The fourth-order valence-electron chi connectivity index (χ4n) is 2.81. The van der Waals surface area contributed by atoms with Gasteiger partial charge in [0.25, 0.3) is 0 Å². The second kappa shape index (κ2) is 4.91. The highest BCUT2D eigenvalue weighted by molar-refractivity contribution is 5.83. The number of benzene rings is 2. The molecule has 3 rings (SSSR count). The van der Waals surface area contributed by atoms with Gasteiger partial charge >= 0.3 is 5.97 Å². The predicted molar refractivity (Wildman–Crippen MR) is 79.6 cm³/mol. The quantitative estimate of drug-likeness (QED) is 0.906. The molecule has 1 aliphatic carbocycles. The van der Waals surface area contributed by atoms with Crippen LogP contribution in [0.25, 0.3) is 10.8 Å². The van der Waals surface area contributed by atoms with Crippen LogP contribution in [0.15, 0.2) is 42.5 Å². The van der Waals surface area contributed by atoms with Crippen molar-refractivity contribution >= 4 is 16.7 Å². The van der Waals surface area contributed by atoms with Crippen LogP contribution in [0.4, 0.5) is 0 Å². The Morgan fingerprint density at radius 2 is 1.90 bits per heavy atom. The summed E-state index contributed by atoms with van der Waals surface area (Å²) in [6.45, 7) is 1.43. The molecule has 3 heteroatoms. The van der Waals surface area contributed by atoms with Gasteiger partial charge in [0.1, 0.15) is 0 Å². The van der Waals surface area contributed by atoms with Gasteiger partial charge in [0, 0.05) is 13.1 Å². The van der Waals surface area contributed by atoms with E-state index in [0.29, 0.717) is 6.54 Å². The van der Waals surface area contributed by atoms with Crippen molar-refractivity contribution in [3.05, 3.63) is 48.0 Å². The van der Waals surface area contributed by atoms with Crippen LogP contribution in [0.1, 0.15) is 18.4 Å². The Balaban J connectivity index is 1.71. The van der Waals surface area contributed by atoms with Gasteiger partial charge in [-0.25, -0.2) is 0 Å². The summed E-state index contributed by atoms with van der Waals surface area (Å²) in [5.74, 6) is -0.650. The molecule has 3 nitrogen and oxygen atoms in total. The van der Waals surface area contributed by atoms with E-state index in [2.05, 4.69) is 35.2 Å². The lowest BCUT2D eigenvalue weighted by molar-refractivity contribution is -0.144. The Bertz CT molecular complexity index is 646. The van der Waals surface area contributed by atoms with Crippen LogP contribution < -0.4 is 0 Å². The molecule has 0 aromatic heterocycles. The summed E-state index contributed by atoms with van der Waals surface area (Å²) < 4.78 is 0. The molecule has 0 heterocycles. The van der Waals surface area contributed by atoms with Crippen LogP contribution in [0.2, 0.25) is 0 Å². The van der Waals surface area contributed by atoms with Crippen LogP contribution >= 0.6 is 0 Å². The molecule has 0 unspecified atom stereocenters. The van der Waals surface area contributed by atoms with Gasteiger partial charge < -0.3 is 10.0 Å². The van der Waals surface area contributed by atoms with E-state index in [1.165, 1.54) is 16.3 Å². The first-order valence-electron chi connectivity index (χ1n) is 6.99. The summed E-state index contributed by atoms with van der Waals surface area (Å²) in [6, 6.07) is 14.7. The van der Waals surface area contributed by atoms with Gasteiger partial charge in [-0.2, -0.15) is 0 Å². The predicted octanol–water partition coefficient (Wildman–Crippen LogP) is 3.14. The third kappa shape index (κ3) is 2.54. The number of fused-ring (bicyclic) bond motifs is 1. The first kappa shape index (κ1) is 13.1. The lowest BCUT2D eigenvalue weighted by Crippen LogP contribution is -2.31. The number of nitrogens with zero attached hydrogens (tertiary/aromatic N) is 1. The molecule has 1 fully saturated rings. The highest BCUT2D eigenvalue weighted by Crippen LogP contribution is 2.46. The van der Waals surface area contributed by atoms with E-state index in [9.17, 15) is 9.90 Å². The lowest BCUT2D eigenvalue weighted by Gasteiger charge is -2.21. The van der Waals surface area contributed by atoms with Gasteiger partial charge in [0.2, 0.25) is 0 Å². The minimum atomic E-state index is -0.650. The first-order valence-corrected chi connectivity index (χ1v) is 6.99. The third-order valence-electron chi connectivity index (χ3n) is 4.15. The van der Waals surface area contributed by atoms with E-state index >= 15 is 0 Å². The van der Waals surface area contributed by atoms with Crippen LogP contribution in [-0.4, -0.2) is 29.6 Å². The average Bonchev–Trinajstić information content (AvgIpc) is 3.19. The molecular weight excluding hydrogens is 250 g/mol. The minimum absolute atomic E-state index is 0.481. The van der Waals surface area contributed by atoms with E-state index in [1.807, 2.05) is 19.2 Å². The molecule has 20 heavy (non-hydrogen) atoms. The van der Waals surface area contributed by atoms with E-state index in [0.717, 1.165) is 19.4 Å². The van der Waals surface area contributed by atoms with E-state index in [1.54, 1.807) is 0 Å². The molecule has 2 aromatic carbocycles. The van der Waals surface area contributed by atoms with Crippen LogP contribution in [-0.2, 0) is 11.3 Å². The molecule has 0 spiro atoms. The zero-order valence-electron chi connectivity index (χ0n) is 11.7. The fraction of sp³-hybridized carbons (Fsp3) is 0.353. The standard InChI is InChI=1S/C17H19NO2/c1-18(12-17(8-9-17)16(19)20)11-13-6-7-14-4-2-3-5-15(14)10-13/h2-7,10H,8-9,11-12H2,1H3,(H,19,20). The summed E-state index contributed by atoms with van der Waals surface area (Å²) in [6.07, 6.45) is 1.62. The SMILES string of the molecule is CN(Cc1ccc2ccccc2c1)CC1(C(=O)O)CC1. The Hall–Kier alpha value is -1.87. The van der Waals surface area contributed by atoms with Gasteiger partial charge in [-0.15, -0.1) is 0 Å². The number of hydrogen-bond acceptors (Lipinski definition) is 2. The number of rotatable bonds is 5. The number of carboxylic acid groups (broad SMARTS) is 1. The summed E-state index contributed by atoms with van der Waals surface area (Å²) in [5, 5.41) is 11.7. The molecule has 0 amide bonds. The van der Waals surface area contributed by atoms with Gasteiger partial charge in [-0.05, 0) is 42.3 Å². The number of hydrogen-bond donors (Lipinski definition) is 1. The molecule has 104 valence electrons. The largest absolute Gasteiger partial charge is 0.481 e. The smallest absolute Gasteiger partial charge is 0.310 e. The monoisotopic (exact) mass is 269 g/mol. The number of carboxylic acids is 1. The minimum Gasteiger partial charge on any atom is -0.481 e. The summed E-state index contributed by atoms with van der Waals surface area (Å²) >= 11 is 0. The van der Waals surface area contributed by atoms with Crippen LogP contribution in [0, 0.1) is 5.41 Å². The molecule has 0 atom stereocenters. The molecule has 0 radical (unpaired) electrons. The third-order valence-corrected chi connectivity index (χ3v) is 4.15. The van der Waals surface area contributed by atoms with Crippen molar-refractivity contribution in [3.8, 4) is 0 Å². The van der Waals surface area contributed by atoms with Crippen molar-refractivity contribution in [2.24, 2.45) is 5.41 Å². The Morgan fingerprint density at radius 1 is 1.20 bits per heavy atom. The van der Waals surface area contributed by atoms with Crippen LogP contribution in [0.3, 0.4) is 0 Å². The van der Waals surface area contributed by atoms with Crippen molar-refractivity contribution in [2.45, 2.75) is 19.4 Å². The average molecular weight is 269 g/mol. The van der Waals surface area contributed by atoms with Crippen molar-refractivity contribution in [1.82, 2.24) is 4.90 Å². The van der Waals surface area contributed by atoms with Gasteiger partial charge in [0.05, 0.1) is 5.41 Å². The number of carbonyl (C=O) groups is 1. The molecule has 0 aliphatic heterocycles. The van der Waals surface area contributed by atoms with Crippen molar-refractivity contribution < 1.29 is 9.90 Å². The first-order chi connectivity index (χ1) is 9.59. The molecule has 1 N–H and O–H groups in total. The molecule has 0 bridgehead atoms. The Kier molecular flexibility index (Phi) is 3.22. The normalized spacial score (nSPS) is 16.5. The lowest BCUT2D eigenvalue weighted by atomic mass is 10.1. The van der Waals surface area contributed by atoms with Crippen molar-refractivity contribution in [1.29, 1.82) is 0 Å². The molecule has 0 saturated heterocycles. The maximum atomic E-state index is 11.2. The Labute approximate surface area is 118 Å². The van der Waals surface area contributed by atoms with Gasteiger partial charge in [-0.1, -0.05) is 36.4 Å². The fourth-order valence-corrected chi connectivity index (χ4v) is 2.81. The summed E-state index contributed by atoms with van der Waals surface area (Å²) in [5.41, 5.74) is 0.749. The van der Waals surface area contributed by atoms with E-state index in [-0.39, 0.29) is 0 Å². The summed E-state index contributed by atoms with van der Waals surface area (Å²) in [7, 11) is 2.00. The zero-order chi connectivity index (χ0) is 14.2. The zero-order valence-corrected chi connectivity index (χ0v) is 11.7. The van der Waals surface area contributed by atoms with Gasteiger partial charge in [0.15, 0.2) is 0 Å². The maximum Gasteiger partial charge on any atom is 0.310 e. The van der Waals surface area contributed by atoms with Crippen LogP contribution in [0.5, 0.6) is 0 Å². The highest BCUT2D eigenvalue weighted by atomic mass is 16.4. The molecular formula is C17H19NO2. The summed E-state index contributed by atoms with van der Waals surface area (Å²) in [4.78, 5) is 13.3. The Morgan fingerprint density at radius 3 is 2.55 bits per heavy atom. The molecule has 2 aromatic rings. The molecule has 1 aliphatic rings. The maximum absolute atomic E-state index is 11.2. The number of aliphatic carboxylic acids is 1.